The fourth-order valence-electron chi connectivity index (χ4n) is 1.70. The molecule has 0 amide bonds. The fourth-order valence-corrected chi connectivity index (χ4v) is 3.48. The minimum Gasteiger partial charge on any atom is -0.358 e. The smallest absolute Gasteiger partial charge is 0.242 e. The van der Waals surface area contributed by atoms with E-state index in [1.165, 1.54) is 23.3 Å². The minimum absolute atomic E-state index is 0.226. The van der Waals surface area contributed by atoms with E-state index in [4.69, 9.17) is 12.2 Å². The number of rotatable bonds is 5. The van der Waals surface area contributed by atoms with Crippen molar-refractivity contribution in [3.63, 3.8) is 0 Å². The molecule has 1 aromatic carbocycles. The van der Waals surface area contributed by atoms with Crippen molar-refractivity contribution < 1.29 is 8.42 Å². The summed E-state index contributed by atoms with van der Waals surface area (Å²) in [6.45, 7) is 0.638. The van der Waals surface area contributed by atoms with Gasteiger partial charge in [0, 0.05) is 24.7 Å². The lowest BCUT2D eigenvalue weighted by Gasteiger charge is -2.14. The molecule has 2 aromatic rings. The van der Waals surface area contributed by atoms with Crippen LogP contribution < -0.4 is 10.6 Å². The average Bonchev–Trinajstić information content (AvgIpc) is 2.98. The number of nitrogens with zero attached hydrogens (tertiary/aromatic N) is 1. The van der Waals surface area contributed by atoms with Crippen LogP contribution in [0.3, 0.4) is 0 Å². The number of thiocarbonyl (C=S) groups is 1. The first-order valence-corrected chi connectivity index (χ1v) is 9.22. The van der Waals surface area contributed by atoms with E-state index in [1.807, 2.05) is 17.5 Å². The number of thiophene rings is 1. The molecule has 22 heavy (non-hydrogen) atoms. The first kappa shape index (κ1) is 16.9. The van der Waals surface area contributed by atoms with Crippen molar-refractivity contribution in [3.8, 4) is 0 Å². The van der Waals surface area contributed by atoms with Crippen molar-refractivity contribution in [1.82, 2.24) is 9.62 Å². The van der Waals surface area contributed by atoms with Crippen LogP contribution in [-0.4, -0.2) is 31.9 Å². The maximum absolute atomic E-state index is 12.1. The second kappa shape index (κ2) is 7.19. The summed E-state index contributed by atoms with van der Waals surface area (Å²) >= 11 is 6.87. The number of benzene rings is 1. The molecule has 5 nitrogen and oxygen atoms in total. The van der Waals surface area contributed by atoms with E-state index < -0.39 is 10.0 Å². The number of anilines is 1. The van der Waals surface area contributed by atoms with E-state index in [0.29, 0.717) is 17.3 Å². The molecule has 118 valence electrons. The van der Waals surface area contributed by atoms with Crippen molar-refractivity contribution in [2.75, 3.05) is 19.4 Å². The highest BCUT2D eigenvalue weighted by Crippen LogP contribution is 2.18. The van der Waals surface area contributed by atoms with Crippen LogP contribution >= 0.6 is 23.6 Å². The van der Waals surface area contributed by atoms with E-state index in [2.05, 4.69) is 10.6 Å². The SMILES string of the molecule is CN(C)S(=O)(=O)c1cccc(NC(=S)NCc2cccs2)c1. The summed E-state index contributed by atoms with van der Waals surface area (Å²) in [5.74, 6) is 0. The van der Waals surface area contributed by atoms with Gasteiger partial charge in [-0.25, -0.2) is 12.7 Å². The molecule has 0 spiro atoms. The zero-order valence-corrected chi connectivity index (χ0v) is 14.7. The summed E-state index contributed by atoms with van der Waals surface area (Å²) in [4.78, 5) is 1.40. The first-order valence-electron chi connectivity index (χ1n) is 6.49. The molecule has 0 radical (unpaired) electrons. The third kappa shape index (κ3) is 4.26. The molecule has 1 aromatic heterocycles. The van der Waals surface area contributed by atoms with Gasteiger partial charge in [0.2, 0.25) is 10.0 Å². The molecule has 2 rings (SSSR count). The highest BCUT2D eigenvalue weighted by molar-refractivity contribution is 7.89. The fraction of sp³-hybridized carbons (Fsp3) is 0.214. The normalized spacial score (nSPS) is 11.4. The molecule has 8 heteroatoms. The van der Waals surface area contributed by atoms with Gasteiger partial charge in [0.15, 0.2) is 5.11 Å². The topological polar surface area (TPSA) is 61.4 Å². The monoisotopic (exact) mass is 355 g/mol. The maximum Gasteiger partial charge on any atom is 0.242 e. The Morgan fingerprint density at radius 1 is 1.27 bits per heavy atom. The van der Waals surface area contributed by atoms with E-state index in [9.17, 15) is 8.42 Å². The quantitative estimate of drug-likeness (QED) is 0.807. The lowest BCUT2D eigenvalue weighted by Crippen LogP contribution is -2.27. The van der Waals surface area contributed by atoms with Crippen molar-refractivity contribution >= 4 is 44.4 Å². The van der Waals surface area contributed by atoms with Gasteiger partial charge in [0.1, 0.15) is 0 Å². The molecule has 2 N–H and O–H groups in total. The summed E-state index contributed by atoms with van der Waals surface area (Å²) in [5, 5.41) is 8.54. The molecule has 0 atom stereocenters. The molecule has 0 unspecified atom stereocenters. The summed E-state index contributed by atoms with van der Waals surface area (Å²) < 4.78 is 25.4. The van der Waals surface area contributed by atoms with Crippen LogP contribution in [-0.2, 0) is 16.6 Å². The van der Waals surface area contributed by atoms with E-state index >= 15 is 0 Å². The van der Waals surface area contributed by atoms with Crippen LogP contribution in [0.4, 0.5) is 5.69 Å². The molecule has 0 aliphatic heterocycles. The third-order valence-electron chi connectivity index (χ3n) is 2.87. The van der Waals surface area contributed by atoms with Gasteiger partial charge < -0.3 is 10.6 Å². The lowest BCUT2D eigenvalue weighted by molar-refractivity contribution is 0.521. The van der Waals surface area contributed by atoms with Crippen molar-refractivity contribution in [3.05, 3.63) is 46.7 Å². The Bertz CT molecular complexity index is 740. The molecule has 0 saturated carbocycles. The number of sulfonamides is 1. The Labute approximate surface area is 140 Å². The van der Waals surface area contributed by atoms with Gasteiger partial charge in [-0.2, -0.15) is 0 Å². The molecule has 0 saturated heterocycles. The molecule has 0 aliphatic rings. The number of hydrogen-bond acceptors (Lipinski definition) is 4. The van der Waals surface area contributed by atoms with Crippen molar-refractivity contribution in [1.29, 1.82) is 0 Å². The summed E-state index contributed by atoms with van der Waals surface area (Å²) in [7, 11) is -0.446. The highest BCUT2D eigenvalue weighted by Gasteiger charge is 2.17. The Kier molecular flexibility index (Phi) is 5.52. The molecular weight excluding hydrogens is 338 g/mol. The molecule has 0 fully saturated rings. The first-order chi connectivity index (χ1) is 10.4. The maximum atomic E-state index is 12.1. The summed E-state index contributed by atoms with van der Waals surface area (Å²) in [6.07, 6.45) is 0. The van der Waals surface area contributed by atoms with E-state index in [-0.39, 0.29) is 4.90 Å². The van der Waals surface area contributed by atoms with Gasteiger partial charge in [0.25, 0.3) is 0 Å². The van der Waals surface area contributed by atoms with Crippen LogP contribution in [0.15, 0.2) is 46.7 Å². The highest BCUT2D eigenvalue weighted by atomic mass is 32.2. The minimum atomic E-state index is -3.45. The zero-order valence-electron chi connectivity index (χ0n) is 12.2. The molecule has 1 heterocycles. The van der Waals surface area contributed by atoms with Crippen molar-refractivity contribution in [2.45, 2.75) is 11.4 Å². The van der Waals surface area contributed by atoms with Crippen LogP contribution in [0.2, 0.25) is 0 Å². The standard InChI is InChI=1S/C14H17N3O2S3/c1-17(2)22(18,19)13-7-3-5-11(9-13)16-14(20)15-10-12-6-4-8-21-12/h3-9H,10H2,1-2H3,(H2,15,16,20). The third-order valence-corrected chi connectivity index (χ3v) is 5.81. The van der Waals surface area contributed by atoms with Gasteiger partial charge in [-0.05, 0) is 41.9 Å². The summed E-state index contributed by atoms with van der Waals surface area (Å²) in [6, 6.07) is 10.6. The zero-order chi connectivity index (χ0) is 16.2. The lowest BCUT2D eigenvalue weighted by atomic mass is 10.3. The largest absolute Gasteiger partial charge is 0.358 e. The van der Waals surface area contributed by atoms with Crippen molar-refractivity contribution in [2.24, 2.45) is 0 Å². The Morgan fingerprint density at radius 3 is 2.68 bits per heavy atom. The van der Waals surface area contributed by atoms with Gasteiger partial charge in [-0.3, -0.25) is 0 Å². The van der Waals surface area contributed by atoms with Gasteiger partial charge >= 0.3 is 0 Å². The van der Waals surface area contributed by atoms with Crippen LogP contribution in [0.25, 0.3) is 0 Å². The average molecular weight is 356 g/mol. The summed E-state index contributed by atoms with van der Waals surface area (Å²) in [5.41, 5.74) is 0.631. The second-order valence-electron chi connectivity index (χ2n) is 4.70. The number of nitrogens with one attached hydrogen (secondary N) is 2. The molecule has 0 bridgehead atoms. The predicted molar refractivity (Wildman–Crippen MR) is 94.7 cm³/mol. The van der Waals surface area contributed by atoms with Gasteiger partial charge in [-0.15, -0.1) is 11.3 Å². The van der Waals surface area contributed by atoms with E-state index in [1.54, 1.807) is 35.6 Å². The predicted octanol–water partition coefficient (Wildman–Crippen LogP) is 2.49. The van der Waals surface area contributed by atoms with Crippen LogP contribution in [0.5, 0.6) is 0 Å². The molecule has 0 aliphatic carbocycles. The second-order valence-corrected chi connectivity index (χ2v) is 8.29. The Hall–Kier alpha value is -1.48. The molecular formula is C14H17N3O2S3. The Morgan fingerprint density at radius 2 is 2.05 bits per heavy atom. The van der Waals surface area contributed by atoms with Gasteiger partial charge in [-0.1, -0.05) is 12.1 Å². The van der Waals surface area contributed by atoms with Crippen LogP contribution in [0.1, 0.15) is 4.88 Å². The Balaban J connectivity index is 2.02. The van der Waals surface area contributed by atoms with Gasteiger partial charge in [0.05, 0.1) is 11.4 Å². The van der Waals surface area contributed by atoms with E-state index in [0.717, 1.165) is 0 Å². The number of hydrogen-bond donors (Lipinski definition) is 2. The van der Waals surface area contributed by atoms with Crippen LogP contribution in [0, 0.1) is 0 Å².